The molecule has 0 aliphatic rings. The van der Waals surface area contributed by atoms with Crippen molar-refractivity contribution < 1.29 is 14.6 Å². The molecule has 19 heavy (non-hydrogen) atoms. The summed E-state index contributed by atoms with van der Waals surface area (Å²) in [7, 11) is 3.24. The van der Waals surface area contributed by atoms with E-state index in [-0.39, 0.29) is 5.75 Å². The zero-order valence-corrected chi connectivity index (χ0v) is 11.2. The van der Waals surface area contributed by atoms with Crippen LogP contribution in [0.5, 0.6) is 17.2 Å². The van der Waals surface area contributed by atoms with Gasteiger partial charge in [0.15, 0.2) is 11.5 Å². The van der Waals surface area contributed by atoms with Gasteiger partial charge in [0.1, 0.15) is 5.82 Å². The van der Waals surface area contributed by atoms with Crippen LogP contribution in [0.3, 0.4) is 0 Å². The highest BCUT2D eigenvalue weighted by atomic mass is 16.5. The summed E-state index contributed by atoms with van der Waals surface area (Å²) in [5.41, 5.74) is 7.13. The van der Waals surface area contributed by atoms with Crippen molar-refractivity contribution >= 4 is 5.82 Å². The van der Waals surface area contributed by atoms with Gasteiger partial charge in [-0.05, 0) is 19.1 Å². The van der Waals surface area contributed by atoms with E-state index in [4.69, 9.17) is 15.2 Å². The molecule has 102 valence electrons. The van der Waals surface area contributed by atoms with Crippen LogP contribution in [0.2, 0.25) is 0 Å². The first-order valence-corrected chi connectivity index (χ1v) is 5.90. The van der Waals surface area contributed by atoms with Crippen LogP contribution in [0.1, 0.15) is 6.92 Å². The predicted octanol–water partition coefficient (Wildman–Crippen LogP) is 1.78. The number of aryl methyl sites for hydroxylation is 1. The molecule has 0 amide bonds. The first-order valence-electron chi connectivity index (χ1n) is 5.90. The summed E-state index contributed by atoms with van der Waals surface area (Å²) in [4.78, 5) is 0. The first-order chi connectivity index (χ1) is 9.06. The van der Waals surface area contributed by atoms with Crippen LogP contribution in [0.25, 0.3) is 11.3 Å². The second-order valence-corrected chi connectivity index (χ2v) is 4.04. The van der Waals surface area contributed by atoms with Gasteiger partial charge in [0.05, 0.1) is 19.4 Å². The topological polar surface area (TPSA) is 82.5 Å². The van der Waals surface area contributed by atoms with Gasteiger partial charge < -0.3 is 20.3 Å². The fourth-order valence-electron chi connectivity index (χ4n) is 1.83. The molecule has 1 heterocycles. The number of aromatic hydroxyl groups is 1. The Morgan fingerprint density at radius 3 is 2.63 bits per heavy atom. The Morgan fingerprint density at radius 2 is 2.11 bits per heavy atom. The van der Waals surface area contributed by atoms with Crippen LogP contribution in [-0.2, 0) is 7.05 Å². The van der Waals surface area contributed by atoms with Crippen LogP contribution in [0, 0.1) is 0 Å². The summed E-state index contributed by atoms with van der Waals surface area (Å²) in [6.07, 6.45) is 0. The molecule has 0 saturated carbocycles. The van der Waals surface area contributed by atoms with Crippen molar-refractivity contribution in [2.75, 3.05) is 19.5 Å². The molecule has 2 aromatic rings. The van der Waals surface area contributed by atoms with Gasteiger partial charge >= 0.3 is 0 Å². The number of anilines is 1. The van der Waals surface area contributed by atoms with Gasteiger partial charge in [-0.15, -0.1) is 0 Å². The molecule has 0 unspecified atom stereocenters. The fraction of sp³-hybridized carbons (Fsp3) is 0.308. The summed E-state index contributed by atoms with van der Waals surface area (Å²) in [6, 6.07) is 5.07. The second kappa shape index (κ2) is 5.09. The van der Waals surface area contributed by atoms with Crippen LogP contribution < -0.4 is 15.2 Å². The van der Waals surface area contributed by atoms with Crippen molar-refractivity contribution in [3.63, 3.8) is 0 Å². The van der Waals surface area contributed by atoms with E-state index in [1.54, 1.807) is 29.9 Å². The van der Waals surface area contributed by atoms with E-state index in [0.717, 1.165) is 0 Å². The number of nitrogens with two attached hydrogens (primary N) is 1. The number of hydrogen-bond acceptors (Lipinski definition) is 5. The standard InChI is InChI=1S/C13H17N3O3/c1-4-19-11-6-8(5-10(17)13(11)18-3)9-7-12(14)16(2)15-9/h5-7,17H,4,14H2,1-3H3. The third kappa shape index (κ3) is 2.42. The number of benzene rings is 1. The number of ether oxygens (including phenoxy) is 2. The molecule has 0 saturated heterocycles. The summed E-state index contributed by atoms with van der Waals surface area (Å²) < 4.78 is 12.1. The molecular weight excluding hydrogens is 246 g/mol. The van der Waals surface area contributed by atoms with Crippen molar-refractivity contribution in [2.45, 2.75) is 6.92 Å². The molecule has 0 aliphatic carbocycles. The van der Waals surface area contributed by atoms with Gasteiger partial charge in [0.2, 0.25) is 5.75 Å². The Hall–Kier alpha value is -2.37. The number of aromatic nitrogens is 2. The SMILES string of the molecule is CCOc1cc(-c2cc(N)n(C)n2)cc(O)c1OC. The minimum atomic E-state index is 0.00711. The van der Waals surface area contributed by atoms with E-state index in [2.05, 4.69) is 5.10 Å². The molecule has 0 radical (unpaired) electrons. The number of nitrogens with zero attached hydrogens (tertiary/aromatic N) is 2. The molecule has 0 fully saturated rings. The average Bonchev–Trinajstić information content (AvgIpc) is 2.70. The average molecular weight is 263 g/mol. The third-order valence-corrected chi connectivity index (χ3v) is 2.75. The van der Waals surface area contributed by atoms with Crippen molar-refractivity contribution in [1.29, 1.82) is 0 Å². The van der Waals surface area contributed by atoms with Crippen molar-refractivity contribution in [1.82, 2.24) is 9.78 Å². The maximum Gasteiger partial charge on any atom is 0.203 e. The summed E-state index contributed by atoms with van der Waals surface area (Å²) in [6.45, 7) is 2.34. The smallest absolute Gasteiger partial charge is 0.203 e. The predicted molar refractivity (Wildman–Crippen MR) is 72.4 cm³/mol. The molecule has 6 nitrogen and oxygen atoms in total. The fourth-order valence-corrected chi connectivity index (χ4v) is 1.83. The summed E-state index contributed by atoms with van der Waals surface area (Å²) >= 11 is 0. The largest absolute Gasteiger partial charge is 0.504 e. The maximum absolute atomic E-state index is 9.97. The second-order valence-electron chi connectivity index (χ2n) is 4.04. The lowest BCUT2D eigenvalue weighted by Gasteiger charge is -2.12. The summed E-state index contributed by atoms with van der Waals surface area (Å²) in [5.74, 6) is 1.34. The van der Waals surface area contributed by atoms with E-state index < -0.39 is 0 Å². The molecule has 0 aliphatic heterocycles. The number of phenolic OH excluding ortho intramolecular Hbond substituents is 1. The quantitative estimate of drug-likeness (QED) is 0.878. The van der Waals surface area contributed by atoms with Crippen LogP contribution in [0.4, 0.5) is 5.82 Å². The molecule has 0 atom stereocenters. The Labute approximate surface area is 111 Å². The zero-order chi connectivity index (χ0) is 14.0. The number of nitrogen functional groups attached to an aromatic ring is 1. The first kappa shape index (κ1) is 13.1. The number of methoxy groups -OCH3 is 1. The molecular formula is C13H17N3O3. The van der Waals surface area contributed by atoms with Gasteiger partial charge in [-0.2, -0.15) is 5.10 Å². The van der Waals surface area contributed by atoms with E-state index in [1.165, 1.54) is 7.11 Å². The molecule has 2 rings (SSSR count). The Balaban J connectivity index is 2.52. The van der Waals surface area contributed by atoms with Gasteiger partial charge in [-0.1, -0.05) is 0 Å². The number of rotatable bonds is 4. The molecule has 6 heteroatoms. The van der Waals surface area contributed by atoms with Gasteiger partial charge in [-0.3, -0.25) is 4.68 Å². The lowest BCUT2D eigenvalue weighted by atomic mass is 10.1. The molecule has 0 bridgehead atoms. The van der Waals surface area contributed by atoms with E-state index in [1.807, 2.05) is 6.92 Å². The van der Waals surface area contributed by atoms with Gasteiger partial charge in [-0.25, -0.2) is 0 Å². The van der Waals surface area contributed by atoms with E-state index in [9.17, 15) is 5.11 Å². The van der Waals surface area contributed by atoms with Crippen LogP contribution >= 0.6 is 0 Å². The van der Waals surface area contributed by atoms with Gasteiger partial charge in [0, 0.05) is 18.7 Å². The highest BCUT2D eigenvalue weighted by Gasteiger charge is 2.15. The van der Waals surface area contributed by atoms with E-state index in [0.29, 0.717) is 35.2 Å². The minimum absolute atomic E-state index is 0.00711. The van der Waals surface area contributed by atoms with Crippen LogP contribution in [-0.4, -0.2) is 28.6 Å². The number of phenols is 1. The Kier molecular flexibility index (Phi) is 3.50. The van der Waals surface area contributed by atoms with Gasteiger partial charge in [0.25, 0.3) is 0 Å². The lowest BCUT2D eigenvalue weighted by molar-refractivity contribution is 0.300. The third-order valence-electron chi connectivity index (χ3n) is 2.75. The maximum atomic E-state index is 9.97. The molecule has 1 aromatic heterocycles. The normalized spacial score (nSPS) is 10.5. The highest BCUT2D eigenvalue weighted by Crippen LogP contribution is 2.40. The lowest BCUT2D eigenvalue weighted by Crippen LogP contribution is -1.97. The number of hydrogen-bond donors (Lipinski definition) is 2. The van der Waals surface area contributed by atoms with Crippen LogP contribution in [0.15, 0.2) is 18.2 Å². The molecule has 3 N–H and O–H groups in total. The highest BCUT2D eigenvalue weighted by molar-refractivity contribution is 5.69. The zero-order valence-electron chi connectivity index (χ0n) is 11.2. The van der Waals surface area contributed by atoms with Crippen molar-refractivity contribution in [3.05, 3.63) is 18.2 Å². The monoisotopic (exact) mass is 263 g/mol. The van der Waals surface area contributed by atoms with E-state index >= 15 is 0 Å². The Morgan fingerprint density at radius 1 is 1.37 bits per heavy atom. The van der Waals surface area contributed by atoms with Crippen molar-refractivity contribution in [3.8, 4) is 28.5 Å². The Bertz CT molecular complexity index is 574. The molecule has 1 aromatic carbocycles. The van der Waals surface area contributed by atoms with Crippen molar-refractivity contribution in [2.24, 2.45) is 7.05 Å². The molecule has 0 spiro atoms. The minimum Gasteiger partial charge on any atom is -0.504 e. The summed E-state index contributed by atoms with van der Waals surface area (Å²) in [5, 5.41) is 14.2.